The van der Waals surface area contributed by atoms with Gasteiger partial charge in [-0.05, 0) is 18.2 Å². The lowest BCUT2D eigenvalue weighted by molar-refractivity contribution is 0.449. The second-order valence-corrected chi connectivity index (χ2v) is 5.96. The van der Waals surface area contributed by atoms with Crippen molar-refractivity contribution in [1.29, 1.82) is 0 Å². The fraction of sp³-hybridized carbons (Fsp3) is 0. The molecular formula is C11H7ClF3N3O2S. The molecule has 0 spiro atoms. The van der Waals surface area contributed by atoms with Crippen LogP contribution in [0, 0.1) is 17.5 Å². The third-order valence-corrected chi connectivity index (χ3v) is 4.07. The van der Waals surface area contributed by atoms with E-state index in [1.165, 1.54) is 0 Å². The number of anilines is 2. The minimum atomic E-state index is -4.29. The number of rotatable bonds is 3. The summed E-state index contributed by atoms with van der Waals surface area (Å²) >= 11 is 5.64. The number of aromatic nitrogens is 1. The first kappa shape index (κ1) is 15.4. The molecule has 0 fully saturated rings. The molecule has 0 unspecified atom stereocenters. The molecule has 1 aromatic carbocycles. The molecule has 0 atom stereocenters. The van der Waals surface area contributed by atoms with E-state index in [2.05, 4.69) is 4.98 Å². The average Bonchev–Trinajstić information content (AvgIpc) is 2.42. The molecule has 10 heteroatoms. The van der Waals surface area contributed by atoms with Crippen LogP contribution in [0.25, 0.3) is 0 Å². The van der Waals surface area contributed by atoms with Crippen molar-refractivity contribution in [2.75, 3.05) is 10.5 Å². The molecule has 1 aromatic heterocycles. The number of nitrogens with two attached hydrogens (primary N) is 1. The Morgan fingerprint density at radius 1 is 1.19 bits per heavy atom. The molecule has 1 heterocycles. The van der Waals surface area contributed by atoms with Gasteiger partial charge in [0.1, 0.15) is 10.7 Å². The minimum Gasteiger partial charge on any atom is -0.382 e. The van der Waals surface area contributed by atoms with E-state index in [0.29, 0.717) is 6.07 Å². The first-order valence-corrected chi connectivity index (χ1v) is 7.16. The maximum absolute atomic E-state index is 13.4. The molecule has 0 radical (unpaired) electrons. The quantitative estimate of drug-likeness (QED) is 0.843. The Labute approximate surface area is 122 Å². The monoisotopic (exact) mass is 337 g/mol. The molecule has 5 nitrogen and oxygen atoms in total. The summed E-state index contributed by atoms with van der Waals surface area (Å²) in [4.78, 5) is 3.13. The number of sulfonamides is 1. The topological polar surface area (TPSA) is 85.1 Å². The summed E-state index contributed by atoms with van der Waals surface area (Å²) < 4.78 is 65.0. The van der Waals surface area contributed by atoms with Crippen molar-refractivity contribution in [3.05, 3.63) is 46.9 Å². The molecule has 0 aliphatic carbocycles. The highest BCUT2D eigenvalue weighted by molar-refractivity contribution is 7.92. The van der Waals surface area contributed by atoms with Gasteiger partial charge in [0, 0.05) is 6.20 Å². The molecule has 0 aliphatic rings. The van der Waals surface area contributed by atoms with E-state index in [1.54, 1.807) is 4.72 Å². The largest absolute Gasteiger partial charge is 0.382 e. The van der Waals surface area contributed by atoms with Crippen molar-refractivity contribution < 1.29 is 21.6 Å². The third kappa shape index (κ3) is 3.03. The number of nitrogens with one attached hydrogen (secondary N) is 1. The van der Waals surface area contributed by atoms with Crippen molar-refractivity contribution >= 4 is 33.1 Å². The van der Waals surface area contributed by atoms with E-state index < -0.39 is 38.1 Å². The zero-order chi connectivity index (χ0) is 15.8. The molecule has 112 valence electrons. The maximum atomic E-state index is 13.4. The lowest BCUT2D eigenvalue weighted by atomic mass is 10.3. The Kier molecular flexibility index (Phi) is 3.97. The highest BCUT2D eigenvalue weighted by Gasteiger charge is 2.21. The number of pyridine rings is 1. The number of hydrogen-bond donors (Lipinski definition) is 2. The molecule has 0 amide bonds. The van der Waals surface area contributed by atoms with E-state index in [4.69, 9.17) is 17.3 Å². The fourth-order valence-corrected chi connectivity index (χ4v) is 2.65. The van der Waals surface area contributed by atoms with Gasteiger partial charge in [-0.2, -0.15) is 0 Å². The predicted octanol–water partition coefficient (Wildman–Crippen LogP) is 2.54. The van der Waals surface area contributed by atoms with Gasteiger partial charge in [0.25, 0.3) is 10.0 Å². The second-order valence-electron chi connectivity index (χ2n) is 3.87. The van der Waals surface area contributed by atoms with Crippen LogP contribution in [0.4, 0.5) is 24.7 Å². The Bertz CT molecular complexity index is 815. The highest BCUT2D eigenvalue weighted by atomic mass is 35.5. The van der Waals surface area contributed by atoms with Gasteiger partial charge in [0.15, 0.2) is 17.5 Å². The van der Waals surface area contributed by atoms with Crippen LogP contribution in [-0.4, -0.2) is 13.4 Å². The van der Waals surface area contributed by atoms with Crippen LogP contribution in [-0.2, 0) is 10.0 Å². The van der Waals surface area contributed by atoms with Gasteiger partial charge >= 0.3 is 0 Å². The maximum Gasteiger partial charge on any atom is 0.263 e. The van der Waals surface area contributed by atoms with Gasteiger partial charge in [0.05, 0.1) is 10.7 Å². The molecule has 21 heavy (non-hydrogen) atoms. The van der Waals surface area contributed by atoms with Crippen molar-refractivity contribution in [2.24, 2.45) is 0 Å². The van der Waals surface area contributed by atoms with Crippen LogP contribution in [0.5, 0.6) is 0 Å². The molecule has 0 aliphatic heterocycles. The van der Waals surface area contributed by atoms with Gasteiger partial charge in [-0.1, -0.05) is 11.6 Å². The zero-order valence-electron chi connectivity index (χ0n) is 10.1. The summed E-state index contributed by atoms with van der Waals surface area (Å²) in [6.07, 6.45) is 0.890. The number of hydrogen-bond acceptors (Lipinski definition) is 4. The van der Waals surface area contributed by atoms with Crippen molar-refractivity contribution in [1.82, 2.24) is 4.98 Å². The lowest BCUT2D eigenvalue weighted by Crippen LogP contribution is -2.15. The number of nitrogen functional groups attached to an aromatic ring is 1. The standard InChI is InChI=1S/C11H7ClF3N3O2S/c12-6-3-5(4-17-11(6)16)21(19,20)18-8-2-1-7(13)9(14)10(8)15/h1-4,18H,(H2,16,17). The molecule has 0 bridgehead atoms. The summed E-state index contributed by atoms with van der Waals surface area (Å²) in [7, 11) is -4.29. The Morgan fingerprint density at radius 3 is 2.48 bits per heavy atom. The third-order valence-electron chi connectivity index (χ3n) is 2.43. The van der Waals surface area contributed by atoms with Crippen molar-refractivity contribution in [3.8, 4) is 0 Å². The number of nitrogens with zero attached hydrogens (tertiary/aromatic N) is 1. The van der Waals surface area contributed by atoms with E-state index in [-0.39, 0.29) is 10.8 Å². The molecule has 0 saturated carbocycles. The van der Waals surface area contributed by atoms with Crippen LogP contribution in [0.1, 0.15) is 0 Å². The Hall–Kier alpha value is -2.00. The average molecular weight is 338 g/mol. The smallest absolute Gasteiger partial charge is 0.263 e. The highest BCUT2D eigenvalue weighted by Crippen LogP contribution is 2.25. The predicted molar refractivity (Wildman–Crippen MR) is 70.8 cm³/mol. The van der Waals surface area contributed by atoms with Crippen molar-refractivity contribution in [2.45, 2.75) is 4.90 Å². The van der Waals surface area contributed by atoms with Crippen LogP contribution < -0.4 is 10.5 Å². The number of halogens is 4. The van der Waals surface area contributed by atoms with E-state index >= 15 is 0 Å². The zero-order valence-corrected chi connectivity index (χ0v) is 11.6. The van der Waals surface area contributed by atoms with Crippen molar-refractivity contribution in [3.63, 3.8) is 0 Å². The normalized spacial score (nSPS) is 11.4. The van der Waals surface area contributed by atoms with Gasteiger partial charge in [-0.3, -0.25) is 4.72 Å². The summed E-state index contributed by atoms with van der Waals surface area (Å²) in [6.45, 7) is 0. The Morgan fingerprint density at radius 2 is 1.86 bits per heavy atom. The first-order valence-electron chi connectivity index (χ1n) is 5.29. The molecule has 2 rings (SSSR count). The Balaban J connectivity index is 2.42. The van der Waals surface area contributed by atoms with Crippen LogP contribution >= 0.6 is 11.6 Å². The SMILES string of the molecule is Nc1ncc(S(=O)(=O)Nc2ccc(F)c(F)c2F)cc1Cl. The summed E-state index contributed by atoms with van der Waals surface area (Å²) in [5.74, 6) is -4.97. The molecule has 3 N–H and O–H groups in total. The molecule has 0 saturated heterocycles. The van der Waals surface area contributed by atoms with E-state index in [9.17, 15) is 21.6 Å². The van der Waals surface area contributed by atoms with Crippen LogP contribution in [0.3, 0.4) is 0 Å². The minimum absolute atomic E-state index is 0.0883. The van der Waals surface area contributed by atoms with Crippen LogP contribution in [0.2, 0.25) is 5.02 Å². The molecule has 2 aromatic rings. The molecular weight excluding hydrogens is 331 g/mol. The second kappa shape index (κ2) is 5.41. The van der Waals surface area contributed by atoms with Gasteiger partial charge in [-0.15, -0.1) is 0 Å². The number of benzene rings is 1. The summed E-state index contributed by atoms with van der Waals surface area (Å²) in [5.41, 5.74) is 4.59. The van der Waals surface area contributed by atoms with E-state index in [1.807, 2.05) is 0 Å². The van der Waals surface area contributed by atoms with Gasteiger partial charge in [-0.25, -0.2) is 26.6 Å². The van der Waals surface area contributed by atoms with Crippen LogP contribution in [0.15, 0.2) is 29.3 Å². The summed E-state index contributed by atoms with van der Waals surface area (Å²) in [6, 6.07) is 2.33. The lowest BCUT2D eigenvalue weighted by Gasteiger charge is -2.10. The van der Waals surface area contributed by atoms with Gasteiger partial charge in [0.2, 0.25) is 0 Å². The fourth-order valence-electron chi connectivity index (χ4n) is 1.39. The van der Waals surface area contributed by atoms with E-state index in [0.717, 1.165) is 18.3 Å². The van der Waals surface area contributed by atoms with Gasteiger partial charge < -0.3 is 5.73 Å². The first-order chi connectivity index (χ1) is 9.72. The summed E-state index contributed by atoms with van der Waals surface area (Å²) in [5, 5.41) is -0.122.